The summed E-state index contributed by atoms with van der Waals surface area (Å²) in [4.78, 5) is 13.2. The minimum atomic E-state index is -1.66. The Balaban J connectivity index is 2.18. The van der Waals surface area contributed by atoms with Crippen LogP contribution in [-0.4, -0.2) is 110 Å². The van der Waals surface area contributed by atoms with Crippen LogP contribution in [0.3, 0.4) is 0 Å². The molecular weight excluding hydrogens is 979 g/mol. The Hall–Kier alpha value is -0.890. The molecule has 11 heteroatoms. The number of aliphatic hydroxyl groups is 7. The van der Waals surface area contributed by atoms with Gasteiger partial charge in [-0.2, -0.15) is 0 Å². The molecule has 0 aromatic heterocycles. The monoisotopic (exact) mass is 1110 g/mol. The fourth-order valence-electron chi connectivity index (χ4n) is 11.6. The highest BCUT2D eigenvalue weighted by molar-refractivity contribution is 5.80. The number of hydrogen-bond acceptors (Lipinski definition) is 10. The second-order valence-corrected chi connectivity index (χ2v) is 24.6. The molecule has 0 bridgehead atoms. The summed E-state index contributed by atoms with van der Waals surface area (Å²) >= 11 is 0. The highest BCUT2D eigenvalue weighted by atomic mass is 16.7. The summed E-state index contributed by atoms with van der Waals surface area (Å²) in [7, 11) is 0. The minimum absolute atomic E-state index is 0.267. The molecule has 0 radical (unpaired) electrons. The van der Waals surface area contributed by atoms with Crippen molar-refractivity contribution < 1.29 is 50.0 Å². The molecule has 1 saturated heterocycles. The van der Waals surface area contributed by atoms with Crippen LogP contribution in [0, 0.1) is 0 Å². The molecule has 0 aromatic rings. The maximum Gasteiger partial charge on any atom is 0.249 e. The number of carbonyl (C=O) groups is 1. The van der Waals surface area contributed by atoms with Crippen LogP contribution in [0.4, 0.5) is 0 Å². The fraction of sp³-hybridized carbons (Fsp3) is 0.985. The van der Waals surface area contributed by atoms with E-state index in [1.807, 2.05) is 0 Å². The maximum absolute atomic E-state index is 13.2. The van der Waals surface area contributed by atoms with Crippen LogP contribution in [-0.2, 0) is 14.3 Å². The van der Waals surface area contributed by atoms with Gasteiger partial charge in [0.05, 0.1) is 25.4 Å². The Bertz CT molecular complexity index is 1230. The van der Waals surface area contributed by atoms with Gasteiger partial charge in [-0.3, -0.25) is 4.79 Å². The SMILES string of the molecule is CCCCCCCCCCCCCCCCCCCCCCCCCCCCCCCCCC(O)C(O)C(COC1OC(CO)C(O)C(O)C1O)NC(=O)C(O)CCCCCCCCCCCCCCCCCCCCCC. The molecule has 0 saturated carbocycles. The van der Waals surface area contributed by atoms with Crippen LogP contribution in [0.1, 0.15) is 354 Å². The van der Waals surface area contributed by atoms with E-state index in [2.05, 4.69) is 19.2 Å². The van der Waals surface area contributed by atoms with Crippen LogP contribution in [0.5, 0.6) is 0 Å². The molecule has 0 aliphatic carbocycles. The van der Waals surface area contributed by atoms with E-state index >= 15 is 0 Å². The third kappa shape index (κ3) is 43.7. The summed E-state index contributed by atoms with van der Waals surface area (Å²) in [5.74, 6) is -0.688. The first-order chi connectivity index (χ1) is 38.2. The predicted octanol–water partition coefficient (Wildman–Crippen LogP) is 16.1. The standard InChI is InChI=1S/C67H133NO10/c1-3-5-7-9-11-13-15-17-19-21-23-25-26-27-28-29-30-31-32-33-34-35-37-38-40-42-44-46-48-50-52-54-59(70)62(72)58(57-77-67-65(75)64(74)63(73)61(56-69)78-67)68-66(76)60(71)55-53-51-49-47-45-43-41-39-36-24-22-20-18-16-14-12-10-8-6-4-2/h58-65,67,69-75H,3-57H2,1-2H3,(H,68,76). The number of rotatable bonds is 61. The van der Waals surface area contributed by atoms with Crippen molar-refractivity contribution in [3.8, 4) is 0 Å². The second kappa shape index (κ2) is 56.6. The lowest BCUT2D eigenvalue weighted by atomic mass is 9.98. The van der Waals surface area contributed by atoms with E-state index in [0.29, 0.717) is 19.3 Å². The lowest BCUT2D eigenvalue weighted by Gasteiger charge is -2.40. The smallest absolute Gasteiger partial charge is 0.249 e. The van der Waals surface area contributed by atoms with Crippen LogP contribution >= 0.6 is 0 Å². The van der Waals surface area contributed by atoms with Gasteiger partial charge in [0, 0.05) is 0 Å². The fourth-order valence-corrected chi connectivity index (χ4v) is 11.6. The van der Waals surface area contributed by atoms with Gasteiger partial charge < -0.3 is 50.5 Å². The van der Waals surface area contributed by atoms with E-state index < -0.39 is 74.2 Å². The van der Waals surface area contributed by atoms with Gasteiger partial charge in [0.2, 0.25) is 5.91 Å². The Morgan fingerprint density at radius 2 is 0.667 bits per heavy atom. The van der Waals surface area contributed by atoms with E-state index in [0.717, 1.165) is 38.5 Å². The number of ether oxygens (including phenoxy) is 2. The van der Waals surface area contributed by atoms with Crippen LogP contribution in [0.15, 0.2) is 0 Å². The zero-order valence-electron chi connectivity index (χ0n) is 51.4. The minimum Gasteiger partial charge on any atom is -0.394 e. The summed E-state index contributed by atoms with van der Waals surface area (Å²) in [5, 5.41) is 76.5. The maximum atomic E-state index is 13.2. The van der Waals surface area contributed by atoms with Gasteiger partial charge in [-0.1, -0.05) is 341 Å². The number of amides is 1. The first-order valence-corrected chi connectivity index (χ1v) is 34.4. The Labute approximate surface area is 481 Å². The molecule has 8 N–H and O–H groups in total. The van der Waals surface area contributed by atoms with Crippen molar-refractivity contribution in [1.82, 2.24) is 5.32 Å². The van der Waals surface area contributed by atoms with E-state index in [9.17, 15) is 40.5 Å². The van der Waals surface area contributed by atoms with Gasteiger partial charge in [0.1, 0.15) is 36.6 Å². The van der Waals surface area contributed by atoms with E-state index in [1.54, 1.807) is 0 Å². The Kier molecular flexibility index (Phi) is 54.5. The van der Waals surface area contributed by atoms with E-state index in [1.165, 1.54) is 276 Å². The average molecular weight is 1110 g/mol. The van der Waals surface area contributed by atoms with Gasteiger partial charge in [-0.15, -0.1) is 0 Å². The quantitative estimate of drug-likeness (QED) is 0.0272. The first-order valence-electron chi connectivity index (χ1n) is 34.4. The molecule has 78 heavy (non-hydrogen) atoms. The van der Waals surface area contributed by atoms with Crippen molar-refractivity contribution in [2.45, 2.75) is 409 Å². The van der Waals surface area contributed by atoms with Gasteiger partial charge >= 0.3 is 0 Å². The summed E-state index contributed by atoms with van der Waals surface area (Å²) < 4.78 is 11.2. The lowest BCUT2D eigenvalue weighted by Crippen LogP contribution is -2.60. The van der Waals surface area contributed by atoms with Gasteiger partial charge in [-0.25, -0.2) is 0 Å². The summed E-state index contributed by atoms with van der Waals surface area (Å²) in [6.45, 7) is 3.52. The summed E-state index contributed by atoms with van der Waals surface area (Å²) in [6, 6.07) is -1.16. The van der Waals surface area contributed by atoms with Gasteiger partial charge in [0.25, 0.3) is 0 Å². The number of aliphatic hydroxyl groups excluding tert-OH is 7. The van der Waals surface area contributed by atoms with Crippen molar-refractivity contribution in [1.29, 1.82) is 0 Å². The predicted molar refractivity (Wildman–Crippen MR) is 326 cm³/mol. The molecule has 1 aliphatic heterocycles. The molecule has 1 heterocycles. The second-order valence-electron chi connectivity index (χ2n) is 24.6. The number of hydrogen-bond donors (Lipinski definition) is 8. The zero-order valence-corrected chi connectivity index (χ0v) is 51.4. The Morgan fingerprint density at radius 1 is 0.397 bits per heavy atom. The third-order valence-corrected chi connectivity index (χ3v) is 17.2. The first kappa shape index (κ1) is 75.1. The highest BCUT2D eigenvalue weighted by Gasteiger charge is 2.44. The molecule has 9 unspecified atom stereocenters. The largest absolute Gasteiger partial charge is 0.394 e. The normalized spacial score (nSPS) is 19.3. The summed E-state index contributed by atoms with van der Waals surface area (Å²) in [6.07, 6.45) is 56.1. The molecule has 1 fully saturated rings. The number of nitrogens with one attached hydrogen (secondary N) is 1. The molecule has 466 valence electrons. The zero-order chi connectivity index (χ0) is 56.8. The van der Waals surface area contributed by atoms with Crippen molar-refractivity contribution in [2.24, 2.45) is 0 Å². The van der Waals surface area contributed by atoms with Gasteiger partial charge in [-0.05, 0) is 12.8 Å². The molecule has 1 rings (SSSR count). The Morgan fingerprint density at radius 3 is 0.949 bits per heavy atom. The molecule has 0 aromatic carbocycles. The van der Waals surface area contributed by atoms with Crippen molar-refractivity contribution >= 4 is 5.91 Å². The molecule has 1 aliphatic rings. The third-order valence-electron chi connectivity index (χ3n) is 17.2. The number of carbonyl (C=O) groups excluding carboxylic acids is 1. The topological polar surface area (TPSA) is 189 Å². The lowest BCUT2D eigenvalue weighted by molar-refractivity contribution is -0.303. The average Bonchev–Trinajstić information content (AvgIpc) is 3.46. The summed E-state index contributed by atoms with van der Waals surface area (Å²) in [5.41, 5.74) is 0. The molecule has 9 atom stereocenters. The molecule has 1 amide bonds. The molecular formula is C67H133NO10. The van der Waals surface area contributed by atoms with Gasteiger partial charge in [0.15, 0.2) is 6.29 Å². The highest BCUT2D eigenvalue weighted by Crippen LogP contribution is 2.24. The van der Waals surface area contributed by atoms with Crippen molar-refractivity contribution in [2.75, 3.05) is 13.2 Å². The molecule has 0 spiro atoms. The van der Waals surface area contributed by atoms with E-state index in [-0.39, 0.29) is 6.42 Å². The number of unbranched alkanes of at least 4 members (excludes halogenated alkanes) is 49. The molecule has 11 nitrogen and oxygen atoms in total. The van der Waals surface area contributed by atoms with Crippen LogP contribution in [0.2, 0.25) is 0 Å². The van der Waals surface area contributed by atoms with Crippen LogP contribution < -0.4 is 5.32 Å². The van der Waals surface area contributed by atoms with Crippen LogP contribution in [0.25, 0.3) is 0 Å². The van der Waals surface area contributed by atoms with Crippen molar-refractivity contribution in [3.05, 3.63) is 0 Å². The van der Waals surface area contributed by atoms with Crippen molar-refractivity contribution in [3.63, 3.8) is 0 Å². The van der Waals surface area contributed by atoms with E-state index in [4.69, 9.17) is 9.47 Å².